The van der Waals surface area contributed by atoms with Crippen LogP contribution in [-0.2, 0) is 32.0 Å². The second kappa shape index (κ2) is 7.17. The molecule has 1 aromatic rings. The van der Waals surface area contributed by atoms with Crippen LogP contribution in [0.15, 0.2) is 18.2 Å². The first-order valence-electron chi connectivity index (χ1n) is 10.0. The molecule has 2 N–H and O–H groups in total. The van der Waals surface area contributed by atoms with Gasteiger partial charge in [0.15, 0.2) is 6.10 Å². The first-order valence-corrected chi connectivity index (χ1v) is 10.0. The first kappa shape index (κ1) is 19.4. The molecular weight excluding hydrogens is 374 g/mol. The Morgan fingerprint density at radius 3 is 2.72 bits per heavy atom. The Labute approximate surface area is 169 Å². The molecule has 1 aliphatic heterocycles. The molecule has 1 aromatic carbocycles. The van der Waals surface area contributed by atoms with Crippen molar-refractivity contribution in [3.63, 3.8) is 0 Å². The predicted molar refractivity (Wildman–Crippen MR) is 104 cm³/mol. The van der Waals surface area contributed by atoms with Gasteiger partial charge in [-0.15, -0.1) is 0 Å². The van der Waals surface area contributed by atoms with Gasteiger partial charge in [-0.2, -0.15) is 0 Å². The fourth-order valence-electron chi connectivity index (χ4n) is 4.11. The number of benzene rings is 1. The van der Waals surface area contributed by atoms with Gasteiger partial charge < -0.3 is 15.4 Å². The molecule has 1 heterocycles. The normalized spacial score (nSPS) is 24.1. The number of imide groups is 1. The number of amides is 4. The van der Waals surface area contributed by atoms with Crippen molar-refractivity contribution in [1.82, 2.24) is 10.2 Å². The van der Waals surface area contributed by atoms with Crippen LogP contribution < -0.4 is 10.6 Å². The molecule has 29 heavy (non-hydrogen) atoms. The molecule has 0 spiro atoms. The number of anilines is 1. The number of hydrogen-bond acceptors (Lipinski definition) is 5. The molecule has 0 bridgehead atoms. The van der Waals surface area contributed by atoms with Gasteiger partial charge in [-0.1, -0.05) is 6.07 Å². The number of aryl methyl sites for hydroxylation is 2. The van der Waals surface area contributed by atoms with Gasteiger partial charge in [0.25, 0.3) is 11.8 Å². The summed E-state index contributed by atoms with van der Waals surface area (Å²) < 4.78 is 5.16. The van der Waals surface area contributed by atoms with Crippen LogP contribution in [0.3, 0.4) is 0 Å². The van der Waals surface area contributed by atoms with E-state index in [4.69, 9.17) is 4.74 Å². The maximum Gasteiger partial charge on any atom is 0.327 e. The van der Waals surface area contributed by atoms with Gasteiger partial charge >= 0.3 is 12.0 Å². The minimum absolute atomic E-state index is 0.108. The Bertz CT molecular complexity index is 894. The lowest BCUT2D eigenvalue weighted by Gasteiger charge is -2.21. The van der Waals surface area contributed by atoms with Crippen LogP contribution in [0.5, 0.6) is 0 Å². The summed E-state index contributed by atoms with van der Waals surface area (Å²) in [5, 5.41) is 5.43. The highest BCUT2D eigenvalue weighted by Gasteiger charge is 2.56. The second-order valence-corrected chi connectivity index (χ2v) is 8.26. The summed E-state index contributed by atoms with van der Waals surface area (Å²) in [6, 6.07) is 5.18. The second-order valence-electron chi connectivity index (χ2n) is 8.26. The highest BCUT2D eigenvalue weighted by molar-refractivity contribution is 6.09. The summed E-state index contributed by atoms with van der Waals surface area (Å²) in [5.74, 6) is -1.57. The van der Waals surface area contributed by atoms with E-state index in [2.05, 4.69) is 10.6 Å². The third-order valence-electron chi connectivity index (χ3n) is 6.03. The number of nitrogens with zero attached hydrogens (tertiary/aromatic N) is 1. The van der Waals surface area contributed by atoms with Crippen molar-refractivity contribution < 1.29 is 23.9 Å². The Morgan fingerprint density at radius 2 is 2.00 bits per heavy atom. The number of urea groups is 1. The molecule has 1 saturated heterocycles. The lowest BCUT2D eigenvalue weighted by molar-refractivity contribution is -0.155. The van der Waals surface area contributed by atoms with Crippen LogP contribution >= 0.6 is 0 Å². The van der Waals surface area contributed by atoms with Crippen LogP contribution in [0, 0.1) is 5.92 Å². The predicted octanol–water partition coefficient (Wildman–Crippen LogP) is 1.77. The maximum atomic E-state index is 12.6. The minimum atomic E-state index is -1.05. The van der Waals surface area contributed by atoms with Crippen molar-refractivity contribution in [2.24, 2.45) is 5.92 Å². The van der Waals surface area contributed by atoms with Crippen LogP contribution in [0.2, 0.25) is 0 Å². The topological polar surface area (TPSA) is 105 Å². The van der Waals surface area contributed by atoms with E-state index >= 15 is 0 Å². The van der Waals surface area contributed by atoms with Crippen LogP contribution in [0.4, 0.5) is 10.5 Å². The van der Waals surface area contributed by atoms with Gasteiger partial charge in [0.1, 0.15) is 12.1 Å². The minimum Gasteiger partial charge on any atom is -0.451 e. The number of ether oxygens (including phenoxy) is 1. The van der Waals surface area contributed by atoms with Gasteiger partial charge in [-0.25, -0.2) is 4.79 Å². The summed E-state index contributed by atoms with van der Waals surface area (Å²) in [5.41, 5.74) is 2.24. The van der Waals surface area contributed by atoms with Gasteiger partial charge in [0.2, 0.25) is 0 Å². The molecule has 2 aliphatic carbocycles. The Balaban J connectivity index is 1.31. The first-order chi connectivity index (χ1) is 13.8. The Hall–Kier alpha value is -2.90. The molecule has 8 nitrogen and oxygen atoms in total. The molecular formula is C21H25N3O5. The molecule has 2 atom stereocenters. The lowest BCUT2D eigenvalue weighted by atomic mass is 9.96. The van der Waals surface area contributed by atoms with E-state index in [0.717, 1.165) is 37.0 Å². The molecule has 4 amide bonds. The van der Waals surface area contributed by atoms with Crippen molar-refractivity contribution in [2.45, 2.75) is 57.6 Å². The fourth-order valence-corrected chi connectivity index (χ4v) is 4.11. The van der Waals surface area contributed by atoms with E-state index in [0.29, 0.717) is 5.69 Å². The van der Waals surface area contributed by atoms with Crippen LogP contribution in [0.1, 0.15) is 44.2 Å². The highest BCUT2D eigenvalue weighted by Crippen LogP contribution is 2.42. The third kappa shape index (κ3) is 3.71. The lowest BCUT2D eigenvalue weighted by Crippen LogP contribution is -2.46. The third-order valence-corrected chi connectivity index (χ3v) is 6.03. The molecule has 154 valence electrons. The molecule has 1 saturated carbocycles. The molecule has 8 heteroatoms. The van der Waals surface area contributed by atoms with Crippen LogP contribution in [-0.4, -0.2) is 46.9 Å². The van der Waals surface area contributed by atoms with E-state index in [1.165, 1.54) is 18.1 Å². The zero-order chi connectivity index (χ0) is 20.8. The number of rotatable bonds is 6. The van der Waals surface area contributed by atoms with Crippen molar-refractivity contribution >= 4 is 29.5 Å². The van der Waals surface area contributed by atoms with E-state index < -0.39 is 42.0 Å². The van der Waals surface area contributed by atoms with Crippen LogP contribution in [0.25, 0.3) is 0 Å². The average Bonchev–Trinajstić information content (AvgIpc) is 3.39. The Kier molecular flexibility index (Phi) is 4.80. The fraction of sp³-hybridized carbons (Fsp3) is 0.524. The zero-order valence-electron chi connectivity index (χ0n) is 16.6. The van der Waals surface area contributed by atoms with E-state index in [1.807, 2.05) is 18.2 Å². The van der Waals surface area contributed by atoms with Gasteiger partial charge in [-0.05, 0) is 75.1 Å². The molecule has 0 unspecified atom stereocenters. The number of carbonyl (C=O) groups excluding carboxylic acids is 4. The highest BCUT2D eigenvalue weighted by atomic mass is 16.5. The maximum absolute atomic E-state index is 12.6. The largest absolute Gasteiger partial charge is 0.451 e. The average molecular weight is 399 g/mol. The van der Waals surface area contributed by atoms with E-state index in [-0.39, 0.29) is 5.92 Å². The van der Waals surface area contributed by atoms with Crippen molar-refractivity contribution in [2.75, 3.05) is 11.9 Å². The summed E-state index contributed by atoms with van der Waals surface area (Å²) in [6.07, 6.45) is 3.87. The summed E-state index contributed by atoms with van der Waals surface area (Å²) in [4.78, 5) is 50.2. The number of hydrogen-bond donors (Lipinski definition) is 2. The molecule has 0 aromatic heterocycles. The van der Waals surface area contributed by atoms with E-state index in [9.17, 15) is 19.2 Å². The van der Waals surface area contributed by atoms with Crippen molar-refractivity contribution in [1.29, 1.82) is 0 Å². The number of esters is 1. The summed E-state index contributed by atoms with van der Waals surface area (Å²) in [6.45, 7) is 2.63. The SMILES string of the molecule is C[C@H](OC(=O)CN1C(=O)N[C@](C)(C2CC2)C1=O)C(=O)Nc1ccc2c(c1)CCC2. The van der Waals surface area contributed by atoms with Crippen molar-refractivity contribution in [3.05, 3.63) is 29.3 Å². The Morgan fingerprint density at radius 1 is 1.28 bits per heavy atom. The van der Waals surface area contributed by atoms with Gasteiger partial charge in [0.05, 0.1) is 0 Å². The summed E-state index contributed by atoms with van der Waals surface area (Å²) >= 11 is 0. The zero-order valence-corrected chi connectivity index (χ0v) is 16.6. The molecule has 0 radical (unpaired) electrons. The van der Waals surface area contributed by atoms with Crippen molar-refractivity contribution in [3.8, 4) is 0 Å². The molecule has 3 aliphatic rings. The standard InChI is InChI=1S/C21H25N3O5/c1-12(18(26)22-16-9-6-13-4-3-5-14(13)10-16)29-17(25)11-24-19(27)21(2,15-7-8-15)23-20(24)28/h6,9-10,12,15H,3-5,7-8,11H2,1-2H3,(H,22,26)(H,23,28)/t12-,21+/m0/s1. The number of fused-ring (bicyclic) bond motifs is 1. The smallest absolute Gasteiger partial charge is 0.327 e. The van der Waals surface area contributed by atoms with E-state index in [1.54, 1.807) is 6.92 Å². The monoisotopic (exact) mass is 399 g/mol. The molecule has 4 rings (SSSR count). The van der Waals surface area contributed by atoms with Gasteiger partial charge in [0, 0.05) is 5.69 Å². The quantitative estimate of drug-likeness (QED) is 0.560. The number of carbonyl (C=O) groups is 4. The number of nitrogens with one attached hydrogen (secondary N) is 2. The molecule has 2 fully saturated rings. The summed E-state index contributed by atoms with van der Waals surface area (Å²) in [7, 11) is 0. The van der Waals surface area contributed by atoms with Gasteiger partial charge in [-0.3, -0.25) is 19.3 Å².